The molecule has 3 heterocycles. The van der Waals surface area contributed by atoms with Gasteiger partial charge in [0.2, 0.25) is 5.95 Å². The summed E-state index contributed by atoms with van der Waals surface area (Å²) in [5.74, 6) is 1.40. The average molecular weight is 320 g/mol. The second kappa shape index (κ2) is 6.78. The molecule has 1 aliphatic rings. The monoisotopic (exact) mass is 320 g/mol. The fourth-order valence-corrected chi connectivity index (χ4v) is 3.10. The summed E-state index contributed by atoms with van der Waals surface area (Å²) >= 11 is 0. The second-order valence-electron chi connectivity index (χ2n) is 6.05. The van der Waals surface area contributed by atoms with Crippen molar-refractivity contribution in [3.63, 3.8) is 0 Å². The van der Waals surface area contributed by atoms with Crippen molar-refractivity contribution < 1.29 is 0 Å². The van der Waals surface area contributed by atoms with Crippen LogP contribution in [0.1, 0.15) is 25.7 Å². The van der Waals surface area contributed by atoms with Gasteiger partial charge in [-0.25, -0.2) is 0 Å². The van der Waals surface area contributed by atoms with Gasteiger partial charge in [-0.15, -0.1) is 5.10 Å². The first-order chi connectivity index (χ1) is 11.9. The predicted octanol–water partition coefficient (Wildman–Crippen LogP) is 3.54. The lowest BCUT2D eigenvalue weighted by molar-refractivity contribution is 0.726. The molecule has 0 saturated carbocycles. The Labute approximate surface area is 141 Å². The highest BCUT2D eigenvalue weighted by Gasteiger charge is 2.13. The molecule has 1 aromatic carbocycles. The van der Waals surface area contributed by atoms with Crippen molar-refractivity contribution >= 4 is 28.4 Å². The van der Waals surface area contributed by atoms with Gasteiger partial charge in [-0.3, -0.25) is 4.98 Å². The minimum atomic E-state index is 0.697. The van der Waals surface area contributed by atoms with Gasteiger partial charge in [-0.2, -0.15) is 10.1 Å². The van der Waals surface area contributed by atoms with Gasteiger partial charge in [-0.05, 0) is 25.0 Å². The lowest BCUT2D eigenvalue weighted by atomic mass is 10.2. The number of benzene rings is 1. The molecule has 1 saturated heterocycles. The SMILES string of the molecule is c1cnc2c(Nc3cnnc(N4CCCCCC4)n3)cccc2c1. The summed E-state index contributed by atoms with van der Waals surface area (Å²) in [7, 11) is 0. The van der Waals surface area contributed by atoms with Crippen molar-refractivity contribution in [2.45, 2.75) is 25.7 Å². The van der Waals surface area contributed by atoms with Crippen LogP contribution in [-0.2, 0) is 0 Å². The van der Waals surface area contributed by atoms with E-state index in [1.165, 1.54) is 25.7 Å². The number of pyridine rings is 1. The van der Waals surface area contributed by atoms with E-state index in [1.807, 2.05) is 18.2 Å². The van der Waals surface area contributed by atoms with Crippen LogP contribution in [0.2, 0.25) is 0 Å². The van der Waals surface area contributed by atoms with Crippen molar-refractivity contribution in [1.82, 2.24) is 20.2 Å². The van der Waals surface area contributed by atoms with E-state index < -0.39 is 0 Å². The Bertz CT molecular complexity index is 821. The van der Waals surface area contributed by atoms with Crippen LogP contribution in [0.15, 0.2) is 42.7 Å². The van der Waals surface area contributed by atoms with Gasteiger partial charge in [0.1, 0.15) is 0 Å². The molecule has 0 amide bonds. The lowest BCUT2D eigenvalue weighted by Crippen LogP contribution is -2.26. The van der Waals surface area contributed by atoms with E-state index in [0.717, 1.165) is 29.7 Å². The highest BCUT2D eigenvalue weighted by molar-refractivity contribution is 5.91. The molecule has 2 aromatic heterocycles. The molecule has 1 aliphatic heterocycles. The Morgan fingerprint density at radius 2 is 1.79 bits per heavy atom. The fraction of sp³-hybridized carbons (Fsp3) is 0.333. The van der Waals surface area contributed by atoms with Crippen LogP contribution in [0.4, 0.5) is 17.5 Å². The number of hydrogen-bond acceptors (Lipinski definition) is 6. The van der Waals surface area contributed by atoms with Gasteiger partial charge in [0, 0.05) is 24.7 Å². The van der Waals surface area contributed by atoms with E-state index in [0.29, 0.717) is 11.8 Å². The molecular weight excluding hydrogens is 300 g/mol. The van der Waals surface area contributed by atoms with Crippen LogP contribution in [0.3, 0.4) is 0 Å². The lowest BCUT2D eigenvalue weighted by Gasteiger charge is -2.19. The molecule has 1 N–H and O–H groups in total. The molecule has 0 bridgehead atoms. The molecule has 0 radical (unpaired) electrons. The number of hydrogen-bond donors (Lipinski definition) is 1. The third-order valence-corrected chi connectivity index (χ3v) is 4.33. The quantitative estimate of drug-likeness (QED) is 0.796. The number of anilines is 3. The Kier molecular flexibility index (Phi) is 4.18. The van der Waals surface area contributed by atoms with E-state index in [2.05, 4.69) is 42.5 Å². The van der Waals surface area contributed by atoms with Crippen LogP contribution in [-0.4, -0.2) is 33.3 Å². The van der Waals surface area contributed by atoms with Crippen LogP contribution in [0.25, 0.3) is 10.9 Å². The minimum absolute atomic E-state index is 0.697. The minimum Gasteiger partial charge on any atom is -0.339 e. The van der Waals surface area contributed by atoms with E-state index in [1.54, 1.807) is 12.4 Å². The van der Waals surface area contributed by atoms with Crippen molar-refractivity contribution in [2.24, 2.45) is 0 Å². The zero-order valence-corrected chi connectivity index (χ0v) is 13.5. The number of aromatic nitrogens is 4. The van der Waals surface area contributed by atoms with Crippen molar-refractivity contribution in [1.29, 1.82) is 0 Å². The van der Waals surface area contributed by atoms with E-state index in [4.69, 9.17) is 0 Å². The maximum absolute atomic E-state index is 4.65. The van der Waals surface area contributed by atoms with Crippen molar-refractivity contribution in [2.75, 3.05) is 23.3 Å². The maximum atomic E-state index is 4.65. The van der Waals surface area contributed by atoms with Gasteiger partial charge in [-0.1, -0.05) is 31.0 Å². The molecule has 0 aliphatic carbocycles. The maximum Gasteiger partial charge on any atom is 0.247 e. The number of nitrogens with zero attached hydrogens (tertiary/aromatic N) is 5. The molecule has 4 rings (SSSR count). The zero-order chi connectivity index (χ0) is 16.2. The molecule has 0 spiro atoms. The first-order valence-corrected chi connectivity index (χ1v) is 8.45. The Morgan fingerprint density at radius 3 is 2.67 bits per heavy atom. The predicted molar refractivity (Wildman–Crippen MR) is 95.5 cm³/mol. The molecule has 6 nitrogen and oxygen atoms in total. The van der Waals surface area contributed by atoms with E-state index in [9.17, 15) is 0 Å². The summed E-state index contributed by atoms with van der Waals surface area (Å²) in [5.41, 5.74) is 1.85. The molecule has 24 heavy (non-hydrogen) atoms. The van der Waals surface area contributed by atoms with E-state index >= 15 is 0 Å². The molecule has 122 valence electrons. The molecule has 1 fully saturated rings. The number of rotatable bonds is 3. The average Bonchev–Trinajstić information content (AvgIpc) is 2.92. The summed E-state index contributed by atoms with van der Waals surface area (Å²) in [6.45, 7) is 2.00. The van der Waals surface area contributed by atoms with Crippen LogP contribution in [0.5, 0.6) is 0 Å². The molecule has 3 aromatic rings. The first kappa shape index (κ1) is 14.8. The van der Waals surface area contributed by atoms with Crippen molar-refractivity contribution in [3.8, 4) is 0 Å². The highest BCUT2D eigenvalue weighted by atomic mass is 15.3. The molecule has 6 heteroatoms. The summed E-state index contributed by atoms with van der Waals surface area (Å²) < 4.78 is 0. The Morgan fingerprint density at radius 1 is 0.958 bits per heavy atom. The molecular formula is C18H20N6. The largest absolute Gasteiger partial charge is 0.339 e. The van der Waals surface area contributed by atoms with Gasteiger partial charge < -0.3 is 10.2 Å². The smallest absolute Gasteiger partial charge is 0.247 e. The number of para-hydroxylation sites is 1. The first-order valence-electron chi connectivity index (χ1n) is 8.45. The zero-order valence-electron chi connectivity index (χ0n) is 13.5. The van der Waals surface area contributed by atoms with Crippen LogP contribution < -0.4 is 10.2 Å². The summed E-state index contributed by atoms with van der Waals surface area (Å²) in [4.78, 5) is 11.3. The number of nitrogens with one attached hydrogen (secondary N) is 1. The molecule has 0 atom stereocenters. The Hall–Kier alpha value is -2.76. The third kappa shape index (κ3) is 3.13. The summed E-state index contributed by atoms with van der Waals surface area (Å²) in [6, 6.07) is 10.1. The van der Waals surface area contributed by atoms with E-state index in [-0.39, 0.29) is 0 Å². The van der Waals surface area contributed by atoms with Gasteiger partial charge in [0.15, 0.2) is 5.82 Å². The fourth-order valence-electron chi connectivity index (χ4n) is 3.10. The van der Waals surface area contributed by atoms with Gasteiger partial charge in [0.25, 0.3) is 0 Å². The second-order valence-corrected chi connectivity index (χ2v) is 6.05. The normalized spacial score (nSPS) is 15.2. The summed E-state index contributed by atoms with van der Waals surface area (Å²) in [5, 5.41) is 12.8. The number of fused-ring (bicyclic) bond motifs is 1. The standard InChI is InChI=1S/C18H20N6/c1-2-4-12-24(11-3-1)18-22-16(13-20-23-18)21-15-9-5-7-14-8-6-10-19-17(14)15/h5-10,13H,1-4,11-12H2,(H,21,22,23). The Balaban J connectivity index is 1.61. The van der Waals surface area contributed by atoms with Crippen LogP contribution >= 0.6 is 0 Å². The van der Waals surface area contributed by atoms with Crippen LogP contribution in [0, 0.1) is 0 Å². The van der Waals surface area contributed by atoms with Crippen molar-refractivity contribution in [3.05, 3.63) is 42.7 Å². The topological polar surface area (TPSA) is 66.8 Å². The highest BCUT2D eigenvalue weighted by Crippen LogP contribution is 2.24. The molecule has 0 unspecified atom stereocenters. The third-order valence-electron chi connectivity index (χ3n) is 4.33. The summed E-state index contributed by atoms with van der Waals surface area (Å²) in [6.07, 6.45) is 8.40. The van der Waals surface area contributed by atoms with Gasteiger partial charge in [0.05, 0.1) is 17.4 Å². The van der Waals surface area contributed by atoms with Gasteiger partial charge >= 0.3 is 0 Å².